The average Bonchev–Trinajstić information content (AvgIpc) is 2.17. The van der Waals surface area contributed by atoms with Crippen molar-refractivity contribution in [3.05, 3.63) is 83.9 Å². The molecule has 0 aliphatic heterocycles. The molecule has 0 radical (unpaired) electrons. The van der Waals surface area contributed by atoms with Crippen LogP contribution in [0.1, 0.15) is 70.3 Å². The molecule has 0 atom stereocenters. The van der Waals surface area contributed by atoms with Gasteiger partial charge in [0.05, 0.1) is 111 Å². The standard InChI is InChI=1S/C60H90N6O20/c1-59(2,3)85-57(72)65-20-18-61-52(67)16-24-74-28-32-78-36-38-80-34-30-76-26-22-63-54(69)44-82-50-14-12-47(13-15-50)48-40-49(56(71)84-43-46-10-8-7-9-11-46)42-51(41-48)83-45-55(70)64-23-27-77-31-35-81-39-37-79-33-29-75-25-17-53(68)62-19-21-66-58(73)86-60(4,5)6/h7-15,40-42H,16-39,43-45H2,1-6H3,(H,61,67)(H,62,68)(H,63,69)(H,64,70)(H,65,72)(H,66,73). The summed E-state index contributed by atoms with van der Waals surface area (Å²) in [4.78, 5) is 85.6. The van der Waals surface area contributed by atoms with Gasteiger partial charge >= 0.3 is 18.2 Å². The molecule has 3 rings (SSSR count). The summed E-state index contributed by atoms with van der Waals surface area (Å²) in [7, 11) is 0. The number of esters is 1. The van der Waals surface area contributed by atoms with Gasteiger partial charge in [-0.05, 0) is 88.6 Å². The van der Waals surface area contributed by atoms with E-state index in [1.165, 1.54) is 6.07 Å². The van der Waals surface area contributed by atoms with Crippen LogP contribution in [0.5, 0.6) is 11.5 Å². The van der Waals surface area contributed by atoms with Crippen molar-refractivity contribution < 1.29 is 95.1 Å². The molecule has 0 aromatic heterocycles. The van der Waals surface area contributed by atoms with Crippen LogP contribution >= 0.6 is 0 Å². The third-order valence-corrected chi connectivity index (χ3v) is 10.8. The van der Waals surface area contributed by atoms with Crippen LogP contribution < -0.4 is 41.4 Å². The Bertz CT molecular complexity index is 2400. The highest BCUT2D eigenvalue weighted by Gasteiger charge is 2.18. The van der Waals surface area contributed by atoms with Crippen molar-refractivity contribution in [3.8, 4) is 22.6 Å². The highest BCUT2D eigenvalue weighted by atomic mass is 16.6. The number of amides is 6. The van der Waals surface area contributed by atoms with Crippen molar-refractivity contribution >= 4 is 41.8 Å². The van der Waals surface area contributed by atoms with Crippen LogP contribution in [-0.4, -0.2) is 211 Å². The van der Waals surface area contributed by atoms with Crippen LogP contribution in [0.2, 0.25) is 0 Å². The summed E-state index contributed by atoms with van der Waals surface area (Å²) in [5, 5.41) is 16.0. The van der Waals surface area contributed by atoms with Crippen molar-refractivity contribution in [2.24, 2.45) is 0 Å². The summed E-state index contributed by atoms with van der Waals surface area (Å²) in [5.74, 6) is -1.01. The lowest BCUT2D eigenvalue weighted by Gasteiger charge is -2.19. The van der Waals surface area contributed by atoms with Gasteiger partial charge in [0.2, 0.25) is 11.8 Å². The first-order valence-corrected chi connectivity index (χ1v) is 28.7. The third-order valence-electron chi connectivity index (χ3n) is 10.8. The molecule has 0 heterocycles. The molecule has 0 spiro atoms. The first-order chi connectivity index (χ1) is 41.3. The molecule has 6 N–H and O–H groups in total. The molecule has 86 heavy (non-hydrogen) atoms. The van der Waals surface area contributed by atoms with Gasteiger partial charge in [-0.1, -0.05) is 42.5 Å². The molecular weight excluding hydrogens is 1120 g/mol. The summed E-state index contributed by atoms with van der Waals surface area (Å²) in [6.45, 7) is 16.7. The Labute approximate surface area is 504 Å². The smallest absolute Gasteiger partial charge is 0.407 e. The van der Waals surface area contributed by atoms with E-state index in [1.807, 2.05) is 30.3 Å². The summed E-state index contributed by atoms with van der Waals surface area (Å²) >= 11 is 0. The lowest BCUT2D eigenvalue weighted by atomic mass is 10.0. The van der Waals surface area contributed by atoms with Gasteiger partial charge in [0.15, 0.2) is 13.2 Å². The van der Waals surface area contributed by atoms with E-state index in [4.69, 9.17) is 61.6 Å². The average molecular weight is 1220 g/mol. The largest absolute Gasteiger partial charge is 0.484 e. The number of carbonyl (C=O) groups is 7. The fourth-order valence-electron chi connectivity index (χ4n) is 6.83. The number of hydrogen-bond acceptors (Lipinski definition) is 20. The zero-order valence-corrected chi connectivity index (χ0v) is 50.7. The Morgan fingerprint density at radius 1 is 0.372 bits per heavy atom. The summed E-state index contributed by atoms with van der Waals surface area (Å²) in [6.07, 6.45) is -0.721. The predicted octanol–water partition coefficient (Wildman–Crippen LogP) is 3.90. The zero-order valence-electron chi connectivity index (χ0n) is 50.7. The molecule has 6 amide bonds. The van der Waals surface area contributed by atoms with Crippen LogP contribution in [0.3, 0.4) is 0 Å². The van der Waals surface area contributed by atoms with E-state index in [0.29, 0.717) is 96.2 Å². The molecule has 0 bridgehead atoms. The van der Waals surface area contributed by atoms with E-state index in [1.54, 1.807) is 77.9 Å². The van der Waals surface area contributed by atoms with Crippen molar-refractivity contribution in [1.29, 1.82) is 0 Å². The second-order valence-electron chi connectivity index (χ2n) is 20.6. The summed E-state index contributed by atoms with van der Waals surface area (Å²) in [5.41, 5.74) is 1.15. The quantitative estimate of drug-likeness (QED) is 0.0265. The van der Waals surface area contributed by atoms with Crippen molar-refractivity contribution in [2.75, 3.05) is 158 Å². The molecule has 0 unspecified atom stereocenters. The molecule has 480 valence electrons. The number of ether oxygens (including phenoxy) is 13. The van der Waals surface area contributed by atoms with Crippen molar-refractivity contribution in [3.63, 3.8) is 0 Å². The van der Waals surface area contributed by atoms with Gasteiger partial charge in [-0.3, -0.25) is 19.2 Å². The van der Waals surface area contributed by atoms with E-state index < -0.39 is 35.3 Å². The SMILES string of the molecule is CC(C)(C)OC(=O)NCCNC(=O)CCOCCOCCOCCOCCNC(=O)COc1ccc(-c2cc(OCC(=O)NCCOCCOCCOCCOCCC(=O)NCCNC(=O)OC(C)(C)C)cc(C(=O)OCc3ccccc3)c2)cc1. The van der Waals surface area contributed by atoms with E-state index in [2.05, 4.69) is 31.9 Å². The molecule has 26 nitrogen and oxygen atoms in total. The fourth-order valence-corrected chi connectivity index (χ4v) is 6.83. The van der Waals surface area contributed by atoms with Crippen molar-refractivity contribution in [2.45, 2.75) is 72.2 Å². The summed E-state index contributed by atoms with van der Waals surface area (Å²) in [6, 6.07) is 21.1. The fraction of sp³-hybridized carbons (Fsp3) is 0.583. The lowest BCUT2D eigenvalue weighted by Crippen LogP contribution is -2.38. The lowest BCUT2D eigenvalue weighted by molar-refractivity contribution is -0.124. The van der Waals surface area contributed by atoms with E-state index in [0.717, 1.165) is 5.56 Å². The highest BCUT2D eigenvalue weighted by molar-refractivity contribution is 5.92. The minimum Gasteiger partial charge on any atom is -0.484 e. The van der Waals surface area contributed by atoms with Crippen molar-refractivity contribution in [1.82, 2.24) is 31.9 Å². The van der Waals surface area contributed by atoms with E-state index >= 15 is 0 Å². The minimum atomic E-state index is -0.592. The number of hydrogen-bond donors (Lipinski definition) is 6. The maximum Gasteiger partial charge on any atom is 0.407 e. The van der Waals surface area contributed by atoms with E-state index in [9.17, 15) is 33.6 Å². The van der Waals surface area contributed by atoms with Gasteiger partial charge in [0.1, 0.15) is 29.3 Å². The number of carbonyl (C=O) groups excluding carboxylic acids is 7. The Balaban J connectivity index is 1.24. The third kappa shape index (κ3) is 39.4. The van der Waals surface area contributed by atoms with Gasteiger partial charge in [-0.15, -0.1) is 0 Å². The number of benzene rings is 3. The van der Waals surface area contributed by atoms with Crippen LogP contribution in [0.15, 0.2) is 72.8 Å². The van der Waals surface area contributed by atoms with Gasteiger partial charge in [0.25, 0.3) is 11.8 Å². The van der Waals surface area contributed by atoms with Crippen LogP contribution in [-0.2, 0) is 77.9 Å². The molecule has 0 saturated carbocycles. The topological polar surface area (TPSA) is 312 Å². The molecule has 0 saturated heterocycles. The van der Waals surface area contributed by atoms with Gasteiger partial charge < -0.3 is 93.5 Å². The maximum atomic E-state index is 13.3. The molecule has 0 fully saturated rings. The Hall–Kier alpha value is -7.17. The van der Waals surface area contributed by atoms with Crippen LogP contribution in [0, 0.1) is 0 Å². The number of rotatable bonds is 46. The highest BCUT2D eigenvalue weighted by Crippen LogP contribution is 2.29. The molecular formula is C60H90N6O20. The molecule has 0 aliphatic rings. The molecule has 3 aromatic carbocycles. The molecule has 0 aliphatic carbocycles. The second kappa shape index (κ2) is 44.3. The first kappa shape index (κ1) is 73.1. The van der Waals surface area contributed by atoms with Gasteiger partial charge in [-0.2, -0.15) is 0 Å². The molecule has 26 heteroatoms. The van der Waals surface area contributed by atoms with Crippen LogP contribution in [0.4, 0.5) is 9.59 Å². The van der Waals surface area contributed by atoms with Crippen LogP contribution in [0.25, 0.3) is 11.1 Å². The minimum absolute atomic E-state index is 0.0573. The monoisotopic (exact) mass is 1210 g/mol. The predicted molar refractivity (Wildman–Crippen MR) is 315 cm³/mol. The maximum absolute atomic E-state index is 13.3. The van der Waals surface area contributed by atoms with Gasteiger partial charge in [-0.25, -0.2) is 14.4 Å². The Kier molecular flexibility index (Phi) is 37.7. The Morgan fingerprint density at radius 2 is 0.756 bits per heavy atom. The Morgan fingerprint density at radius 3 is 1.19 bits per heavy atom. The van der Waals surface area contributed by atoms with E-state index in [-0.39, 0.29) is 127 Å². The first-order valence-electron chi connectivity index (χ1n) is 28.7. The number of nitrogens with one attached hydrogen (secondary N) is 6. The molecule has 3 aromatic rings. The number of alkyl carbamates (subject to hydrolysis) is 2. The summed E-state index contributed by atoms with van der Waals surface area (Å²) < 4.78 is 71.4. The van der Waals surface area contributed by atoms with Gasteiger partial charge in [0, 0.05) is 52.1 Å². The zero-order chi connectivity index (χ0) is 62.5. The normalized spacial score (nSPS) is 11.2. The second-order valence-corrected chi connectivity index (χ2v) is 20.6.